The lowest BCUT2D eigenvalue weighted by Gasteiger charge is -2.16. The highest BCUT2D eigenvalue weighted by molar-refractivity contribution is 6.53. The van der Waals surface area contributed by atoms with E-state index in [-0.39, 0.29) is 40.2 Å². The topological polar surface area (TPSA) is 134 Å². The predicted octanol–water partition coefficient (Wildman–Crippen LogP) is 4.05. The standard InChI is InChI=1S/C28H23ClN4O6/c1-16(34)30-19-10-12-20(13-11-19)31-23(35)14-17-6-8-21(9-7-17)32-25-24(29)26(36)33(27(25)37)22-5-3-4-18(15-22)28(38)39-2/h3-13,15,32H,14H2,1-2H3,(H,30,34)(H,31,35). The molecule has 0 aromatic heterocycles. The first-order valence-electron chi connectivity index (χ1n) is 11.7. The molecule has 3 aromatic rings. The Morgan fingerprint density at radius 2 is 1.46 bits per heavy atom. The molecule has 3 N–H and O–H groups in total. The zero-order valence-corrected chi connectivity index (χ0v) is 21.7. The van der Waals surface area contributed by atoms with Gasteiger partial charge in [-0.05, 0) is 60.2 Å². The van der Waals surface area contributed by atoms with Crippen molar-refractivity contribution < 1.29 is 28.7 Å². The number of imide groups is 1. The molecular weight excluding hydrogens is 524 g/mol. The number of hydrogen-bond acceptors (Lipinski definition) is 7. The van der Waals surface area contributed by atoms with Crippen LogP contribution in [-0.2, 0) is 30.3 Å². The molecule has 1 aliphatic rings. The van der Waals surface area contributed by atoms with Crippen molar-refractivity contribution in [3.63, 3.8) is 0 Å². The first kappa shape index (κ1) is 27.1. The van der Waals surface area contributed by atoms with Crippen LogP contribution in [0.25, 0.3) is 0 Å². The quantitative estimate of drug-likeness (QED) is 0.287. The number of ether oxygens (including phenoxy) is 1. The number of anilines is 4. The van der Waals surface area contributed by atoms with Crippen molar-refractivity contribution in [1.29, 1.82) is 0 Å². The van der Waals surface area contributed by atoms with Crippen LogP contribution in [0.15, 0.2) is 83.5 Å². The molecule has 4 amide bonds. The highest BCUT2D eigenvalue weighted by Gasteiger charge is 2.39. The van der Waals surface area contributed by atoms with Crippen molar-refractivity contribution in [2.75, 3.05) is 28.0 Å². The van der Waals surface area contributed by atoms with Crippen LogP contribution in [0, 0.1) is 0 Å². The number of hydrogen-bond donors (Lipinski definition) is 3. The van der Waals surface area contributed by atoms with Gasteiger partial charge in [0.15, 0.2) is 0 Å². The van der Waals surface area contributed by atoms with Gasteiger partial charge in [-0.2, -0.15) is 0 Å². The summed E-state index contributed by atoms with van der Waals surface area (Å²) in [4.78, 5) is 62.1. The maximum absolute atomic E-state index is 13.1. The van der Waals surface area contributed by atoms with E-state index in [1.165, 1.54) is 38.3 Å². The zero-order chi connectivity index (χ0) is 28.1. The van der Waals surface area contributed by atoms with Crippen LogP contribution in [0.1, 0.15) is 22.8 Å². The van der Waals surface area contributed by atoms with Crippen LogP contribution in [0.2, 0.25) is 0 Å². The van der Waals surface area contributed by atoms with Gasteiger partial charge in [0, 0.05) is 24.0 Å². The van der Waals surface area contributed by atoms with Crippen molar-refractivity contribution in [2.24, 2.45) is 0 Å². The third kappa shape index (κ3) is 6.31. The summed E-state index contributed by atoms with van der Waals surface area (Å²) in [5.74, 6) is -2.45. The highest BCUT2D eigenvalue weighted by Crippen LogP contribution is 2.30. The van der Waals surface area contributed by atoms with Crippen molar-refractivity contribution in [1.82, 2.24) is 0 Å². The molecule has 4 rings (SSSR count). The van der Waals surface area contributed by atoms with Gasteiger partial charge >= 0.3 is 5.97 Å². The fraction of sp³-hybridized carbons (Fsp3) is 0.107. The maximum Gasteiger partial charge on any atom is 0.337 e. The van der Waals surface area contributed by atoms with Crippen molar-refractivity contribution in [3.8, 4) is 0 Å². The second-order valence-corrected chi connectivity index (χ2v) is 8.86. The van der Waals surface area contributed by atoms with E-state index in [2.05, 4.69) is 16.0 Å². The van der Waals surface area contributed by atoms with Gasteiger partial charge in [-0.25, -0.2) is 9.69 Å². The van der Waals surface area contributed by atoms with E-state index in [1.54, 1.807) is 48.5 Å². The molecule has 0 spiro atoms. The normalized spacial score (nSPS) is 12.8. The molecule has 0 aliphatic carbocycles. The fourth-order valence-electron chi connectivity index (χ4n) is 3.82. The second kappa shape index (κ2) is 11.6. The Hall–Kier alpha value is -4.96. The van der Waals surface area contributed by atoms with E-state index in [4.69, 9.17) is 16.3 Å². The summed E-state index contributed by atoms with van der Waals surface area (Å²) in [6.07, 6.45) is 0.0961. The van der Waals surface area contributed by atoms with Crippen LogP contribution >= 0.6 is 11.6 Å². The lowest BCUT2D eigenvalue weighted by molar-refractivity contribution is -0.120. The SMILES string of the molecule is COC(=O)c1cccc(N2C(=O)C(Cl)=C(Nc3ccc(CC(=O)Nc4ccc(NC(C)=O)cc4)cc3)C2=O)c1. The third-order valence-corrected chi connectivity index (χ3v) is 5.98. The summed E-state index contributed by atoms with van der Waals surface area (Å²) in [6.45, 7) is 1.41. The molecule has 0 fully saturated rings. The second-order valence-electron chi connectivity index (χ2n) is 8.48. The van der Waals surface area contributed by atoms with Crippen molar-refractivity contribution in [2.45, 2.75) is 13.3 Å². The van der Waals surface area contributed by atoms with Crippen LogP contribution in [0.3, 0.4) is 0 Å². The smallest absolute Gasteiger partial charge is 0.337 e. The monoisotopic (exact) mass is 546 g/mol. The van der Waals surface area contributed by atoms with Gasteiger partial charge in [-0.15, -0.1) is 0 Å². The summed E-state index contributed by atoms with van der Waals surface area (Å²) in [5.41, 5.74) is 2.64. The van der Waals surface area contributed by atoms with Crippen molar-refractivity contribution in [3.05, 3.63) is 94.7 Å². The lowest BCUT2D eigenvalue weighted by Crippen LogP contribution is -2.32. The molecule has 10 nitrogen and oxygen atoms in total. The minimum atomic E-state index is -0.732. The molecule has 1 aliphatic heterocycles. The van der Waals surface area contributed by atoms with Gasteiger partial charge in [-0.3, -0.25) is 19.2 Å². The van der Waals surface area contributed by atoms with Gasteiger partial charge in [0.2, 0.25) is 11.8 Å². The number of benzene rings is 3. The van der Waals surface area contributed by atoms with Gasteiger partial charge in [0.1, 0.15) is 10.7 Å². The number of halogens is 1. The average Bonchev–Trinajstić information content (AvgIpc) is 3.13. The Morgan fingerprint density at radius 1 is 0.846 bits per heavy atom. The summed E-state index contributed by atoms with van der Waals surface area (Å²) < 4.78 is 4.69. The molecule has 0 saturated carbocycles. The molecule has 39 heavy (non-hydrogen) atoms. The van der Waals surface area contributed by atoms with Crippen molar-refractivity contribution >= 4 is 63.9 Å². The number of nitrogens with one attached hydrogen (secondary N) is 3. The minimum absolute atomic E-state index is 0.0961. The Labute approximate surface area is 228 Å². The molecule has 0 atom stereocenters. The predicted molar refractivity (Wildman–Crippen MR) is 146 cm³/mol. The van der Waals surface area contributed by atoms with Crippen LogP contribution in [0.5, 0.6) is 0 Å². The minimum Gasteiger partial charge on any atom is -0.465 e. The summed E-state index contributed by atoms with van der Waals surface area (Å²) in [5, 5.41) is 8.02. The van der Waals surface area contributed by atoms with Crippen LogP contribution in [0.4, 0.5) is 22.7 Å². The lowest BCUT2D eigenvalue weighted by atomic mass is 10.1. The molecule has 0 saturated heterocycles. The summed E-state index contributed by atoms with van der Waals surface area (Å²) >= 11 is 6.20. The molecular formula is C28H23ClN4O6. The molecule has 11 heteroatoms. The third-order valence-electron chi connectivity index (χ3n) is 5.63. The largest absolute Gasteiger partial charge is 0.465 e. The molecule has 198 valence electrons. The van der Waals surface area contributed by atoms with E-state index in [1.807, 2.05) is 0 Å². The Balaban J connectivity index is 1.39. The number of nitrogens with zero attached hydrogens (tertiary/aromatic N) is 1. The summed E-state index contributed by atoms with van der Waals surface area (Å²) in [7, 11) is 1.23. The number of carbonyl (C=O) groups is 5. The molecule has 3 aromatic carbocycles. The maximum atomic E-state index is 13.1. The Morgan fingerprint density at radius 3 is 2.08 bits per heavy atom. The highest BCUT2D eigenvalue weighted by atomic mass is 35.5. The van der Waals surface area contributed by atoms with Gasteiger partial charge in [-0.1, -0.05) is 29.8 Å². The number of amides is 4. The van der Waals surface area contributed by atoms with Crippen LogP contribution < -0.4 is 20.9 Å². The number of rotatable bonds is 8. The van der Waals surface area contributed by atoms with E-state index < -0.39 is 17.8 Å². The fourth-order valence-corrected chi connectivity index (χ4v) is 4.03. The molecule has 0 unspecified atom stereocenters. The van der Waals surface area contributed by atoms with Crippen LogP contribution in [-0.4, -0.2) is 36.7 Å². The van der Waals surface area contributed by atoms with E-state index in [0.717, 1.165) is 4.90 Å². The number of carbonyl (C=O) groups excluding carboxylic acids is 5. The molecule has 0 radical (unpaired) electrons. The molecule has 1 heterocycles. The van der Waals surface area contributed by atoms with Gasteiger partial charge in [0.05, 0.1) is 24.8 Å². The van der Waals surface area contributed by atoms with E-state index in [0.29, 0.717) is 22.6 Å². The van der Waals surface area contributed by atoms with Gasteiger partial charge < -0.3 is 20.7 Å². The molecule has 0 bridgehead atoms. The number of methoxy groups -OCH3 is 1. The zero-order valence-electron chi connectivity index (χ0n) is 20.9. The number of esters is 1. The summed E-state index contributed by atoms with van der Waals surface area (Å²) in [6, 6.07) is 19.3. The Bertz CT molecular complexity index is 1500. The Kier molecular flexibility index (Phi) is 8.07. The van der Waals surface area contributed by atoms with E-state index >= 15 is 0 Å². The first-order valence-corrected chi connectivity index (χ1v) is 12.0. The van der Waals surface area contributed by atoms with E-state index in [9.17, 15) is 24.0 Å². The average molecular weight is 547 g/mol. The first-order chi connectivity index (χ1) is 18.7. The van der Waals surface area contributed by atoms with Gasteiger partial charge in [0.25, 0.3) is 11.8 Å².